The Morgan fingerprint density at radius 3 is 2.59 bits per heavy atom. The molecule has 27 heavy (non-hydrogen) atoms. The number of nitrogens with one attached hydrogen (secondary N) is 2. The minimum absolute atomic E-state index is 0.147. The van der Waals surface area contributed by atoms with Crippen LogP contribution < -0.4 is 10.6 Å². The van der Waals surface area contributed by atoms with Gasteiger partial charge in [-0.3, -0.25) is 4.79 Å². The van der Waals surface area contributed by atoms with E-state index in [0.717, 1.165) is 11.3 Å². The molecular formula is C20H20ClN3O3. The van der Waals surface area contributed by atoms with Crippen molar-refractivity contribution in [2.45, 2.75) is 25.1 Å². The first-order valence-electron chi connectivity index (χ1n) is 8.91. The normalized spacial score (nSPS) is 17.7. The van der Waals surface area contributed by atoms with Gasteiger partial charge in [-0.25, -0.2) is 4.79 Å². The Labute approximate surface area is 162 Å². The molecule has 0 atom stereocenters. The van der Waals surface area contributed by atoms with Gasteiger partial charge in [0, 0.05) is 36.6 Å². The fourth-order valence-corrected chi connectivity index (χ4v) is 3.69. The lowest BCUT2D eigenvalue weighted by atomic mass is 9.92. The molecule has 2 aliphatic heterocycles. The molecule has 2 heterocycles. The van der Waals surface area contributed by atoms with Crippen LogP contribution in [0.1, 0.15) is 28.8 Å². The Kier molecular flexibility index (Phi) is 4.66. The number of benzene rings is 2. The number of hydrogen-bond donors (Lipinski definition) is 2. The van der Waals surface area contributed by atoms with Crippen LogP contribution >= 0.6 is 11.6 Å². The summed E-state index contributed by atoms with van der Waals surface area (Å²) in [5.74, 6) is -0.147. The topological polar surface area (TPSA) is 70.7 Å². The van der Waals surface area contributed by atoms with Crippen LogP contribution in [-0.2, 0) is 11.3 Å². The largest absolute Gasteiger partial charge is 0.445 e. The van der Waals surface area contributed by atoms with Crippen molar-refractivity contribution in [1.82, 2.24) is 10.2 Å². The van der Waals surface area contributed by atoms with Gasteiger partial charge >= 0.3 is 6.09 Å². The molecule has 4 rings (SSSR count). The van der Waals surface area contributed by atoms with Crippen molar-refractivity contribution in [3.05, 3.63) is 64.7 Å². The van der Waals surface area contributed by atoms with Gasteiger partial charge in [-0.15, -0.1) is 0 Å². The number of ether oxygens (including phenoxy) is 1. The molecule has 1 fully saturated rings. The van der Waals surface area contributed by atoms with Crippen molar-refractivity contribution in [2.24, 2.45) is 0 Å². The van der Waals surface area contributed by atoms with Gasteiger partial charge in [-0.1, -0.05) is 41.9 Å². The van der Waals surface area contributed by atoms with Crippen LogP contribution in [0.25, 0.3) is 0 Å². The number of fused-ring (bicyclic) bond motifs is 1. The number of anilines is 1. The number of likely N-dealkylation sites (tertiary alicyclic amines) is 1. The molecule has 0 saturated carbocycles. The Balaban J connectivity index is 1.36. The molecule has 0 aliphatic carbocycles. The Hall–Kier alpha value is -2.73. The third-order valence-electron chi connectivity index (χ3n) is 5.03. The smallest absolute Gasteiger partial charge is 0.410 e. The summed E-state index contributed by atoms with van der Waals surface area (Å²) >= 11 is 5.98. The summed E-state index contributed by atoms with van der Waals surface area (Å²) in [5.41, 5.74) is 1.71. The maximum absolute atomic E-state index is 12.5. The number of piperidine rings is 1. The molecule has 2 aromatic rings. The quantitative estimate of drug-likeness (QED) is 0.828. The number of rotatable bonds is 2. The van der Waals surface area contributed by atoms with Gasteiger partial charge in [-0.05, 0) is 23.8 Å². The van der Waals surface area contributed by atoms with Crippen LogP contribution in [0.3, 0.4) is 0 Å². The third kappa shape index (κ3) is 3.71. The monoisotopic (exact) mass is 385 g/mol. The lowest BCUT2D eigenvalue weighted by Gasteiger charge is -2.45. The second kappa shape index (κ2) is 7.12. The highest BCUT2D eigenvalue weighted by Crippen LogP contribution is 2.32. The van der Waals surface area contributed by atoms with E-state index in [1.165, 1.54) is 0 Å². The molecule has 2 aromatic carbocycles. The third-order valence-corrected chi connectivity index (χ3v) is 5.27. The average molecular weight is 386 g/mol. The molecule has 0 bridgehead atoms. The van der Waals surface area contributed by atoms with Crippen molar-refractivity contribution in [3.8, 4) is 0 Å². The van der Waals surface area contributed by atoms with Crippen LogP contribution in [0.2, 0.25) is 5.02 Å². The highest BCUT2D eigenvalue weighted by molar-refractivity contribution is 6.31. The van der Waals surface area contributed by atoms with Crippen molar-refractivity contribution in [2.75, 3.05) is 18.4 Å². The van der Waals surface area contributed by atoms with Gasteiger partial charge in [0.2, 0.25) is 0 Å². The molecule has 7 heteroatoms. The van der Waals surface area contributed by atoms with Gasteiger partial charge < -0.3 is 20.3 Å². The zero-order valence-electron chi connectivity index (χ0n) is 14.7. The molecule has 2 aliphatic rings. The maximum atomic E-state index is 12.5. The first kappa shape index (κ1) is 17.7. The highest BCUT2D eigenvalue weighted by Gasteiger charge is 2.41. The van der Waals surface area contributed by atoms with Gasteiger partial charge in [0.1, 0.15) is 12.3 Å². The van der Waals surface area contributed by atoms with Crippen molar-refractivity contribution in [3.63, 3.8) is 0 Å². The molecule has 0 radical (unpaired) electrons. The standard InChI is InChI=1S/C20H20ClN3O3/c21-15-6-7-17-16(12-15)18(25)23-20(22-17)8-10-24(11-9-20)19(26)27-13-14-4-2-1-3-5-14/h1-7,12,22H,8-11,13H2,(H,23,25). The van der Waals surface area contributed by atoms with E-state index >= 15 is 0 Å². The second-order valence-electron chi connectivity index (χ2n) is 6.88. The van der Waals surface area contributed by atoms with E-state index in [-0.39, 0.29) is 18.6 Å². The number of carbonyl (C=O) groups excluding carboxylic acids is 2. The van der Waals surface area contributed by atoms with E-state index in [2.05, 4.69) is 10.6 Å². The SMILES string of the molecule is O=C1NC2(CCN(C(=O)OCc3ccccc3)CC2)Nc2ccc(Cl)cc21. The van der Waals surface area contributed by atoms with Crippen LogP contribution in [-0.4, -0.2) is 35.7 Å². The summed E-state index contributed by atoms with van der Waals surface area (Å²) in [6.07, 6.45) is 0.866. The molecule has 6 nitrogen and oxygen atoms in total. The van der Waals surface area contributed by atoms with Crippen LogP contribution in [0.15, 0.2) is 48.5 Å². The van der Waals surface area contributed by atoms with E-state index in [0.29, 0.717) is 36.5 Å². The second-order valence-corrected chi connectivity index (χ2v) is 7.31. The molecule has 0 aromatic heterocycles. The molecular weight excluding hydrogens is 366 g/mol. The Bertz CT molecular complexity index is 864. The summed E-state index contributed by atoms with van der Waals surface area (Å²) in [5, 5.41) is 6.99. The fraction of sp³-hybridized carbons (Fsp3) is 0.300. The number of halogens is 1. The van der Waals surface area contributed by atoms with E-state index in [1.54, 1.807) is 17.0 Å². The highest BCUT2D eigenvalue weighted by atomic mass is 35.5. The Morgan fingerprint density at radius 1 is 1.11 bits per heavy atom. The average Bonchev–Trinajstić information content (AvgIpc) is 2.68. The number of carbonyl (C=O) groups is 2. The number of hydrogen-bond acceptors (Lipinski definition) is 4. The lowest BCUT2D eigenvalue weighted by Crippen LogP contribution is -2.62. The maximum Gasteiger partial charge on any atom is 0.410 e. The summed E-state index contributed by atoms with van der Waals surface area (Å²) < 4.78 is 5.40. The van der Waals surface area contributed by atoms with E-state index in [1.807, 2.05) is 36.4 Å². The summed E-state index contributed by atoms with van der Waals surface area (Å²) in [4.78, 5) is 26.5. The molecule has 2 N–H and O–H groups in total. The van der Waals surface area contributed by atoms with E-state index in [9.17, 15) is 9.59 Å². The summed E-state index contributed by atoms with van der Waals surface area (Å²) in [6.45, 7) is 1.26. The molecule has 2 amide bonds. The van der Waals surface area contributed by atoms with Gasteiger partial charge in [0.15, 0.2) is 0 Å². The molecule has 1 saturated heterocycles. The van der Waals surface area contributed by atoms with Gasteiger partial charge in [0.05, 0.1) is 5.56 Å². The first-order chi connectivity index (χ1) is 13.0. The van der Waals surface area contributed by atoms with Crippen LogP contribution in [0.5, 0.6) is 0 Å². The van der Waals surface area contributed by atoms with Crippen molar-refractivity contribution < 1.29 is 14.3 Å². The minimum atomic E-state index is -0.547. The Morgan fingerprint density at radius 2 is 1.85 bits per heavy atom. The van der Waals surface area contributed by atoms with Crippen LogP contribution in [0.4, 0.5) is 10.5 Å². The van der Waals surface area contributed by atoms with Crippen molar-refractivity contribution in [1.29, 1.82) is 0 Å². The zero-order valence-corrected chi connectivity index (χ0v) is 15.5. The van der Waals surface area contributed by atoms with E-state index < -0.39 is 5.66 Å². The molecule has 0 unspecified atom stereocenters. The summed E-state index contributed by atoms with van der Waals surface area (Å²) in [6, 6.07) is 14.8. The first-order valence-corrected chi connectivity index (χ1v) is 9.28. The molecule has 1 spiro atoms. The minimum Gasteiger partial charge on any atom is -0.445 e. The molecule has 140 valence electrons. The van der Waals surface area contributed by atoms with Crippen LogP contribution in [0, 0.1) is 0 Å². The zero-order chi connectivity index (χ0) is 18.9. The fourth-order valence-electron chi connectivity index (χ4n) is 3.52. The van der Waals surface area contributed by atoms with Crippen molar-refractivity contribution >= 4 is 29.3 Å². The predicted octanol–water partition coefficient (Wildman–Crippen LogP) is 3.62. The summed E-state index contributed by atoms with van der Waals surface area (Å²) in [7, 11) is 0. The number of nitrogens with zero attached hydrogens (tertiary/aromatic N) is 1. The van der Waals surface area contributed by atoms with Gasteiger partial charge in [0.25, 0.3) is 5.91 Å². The van der Waals surface area contributed by atoms with E-state index in [4.69, 9.17) is 16.3 Å². The predicted molar refractivity (Wildman–Crippen MR) is 103 cm³/mol. The lowest BCUT2D eigenvalue weighted by molar-refractivity contribution is 0.0697. The van der Waals surface area contributed by atoms with Gasteiger partial charge in [-0.2, -0.15) is 0 Å². The number of amides is 2.